The van der Waals surface area contributed by atoms with Gasteiger partial charge in [-0.1, -0.05) is 30.3 Å². The average Bonchev–Trinajstić information content (AvgIpc) is 2.69. The Hall–Kier alpha value is -2.89. The van der Waals surface area contributed by atoms with E-state index in [0.717, 1.165) is 31.2 Å². The molecule has 3 rings (SSSR count). The summed E-state index contributed by atoms with van der Waals surface area (Å²) in [6, 6.07) is 9.96. The highest BCUT2D eigenvalue weighted by atomic mass is 16.5. The number of ether oxygens (including phenoxy) is 2. The monoisotopic (exact) mass is 353 g/mol. The molecule has 2 aromatic rings. The zero-order valence-electron chi connectivity index (χ0n) is 14.8. The topological polar surface area (TPSA) is 73.3 Å². The lowest BCUT2D eigenvalue weighted by molar-refractivity contribution is -0.117. The molecule has 0 bridgehead atoms. The van der Waals surface area contributed by atoms with Crippen LogP contribution in [0, 0.1) is 0 Å². The Labute approximate surface area is 153 Å². The number of carbonyl (C=O) groups excluding carboxylic acids is 1. The number of benzene rings is 1. The van der Waals surface area contributed by atoms with Gasteiger partial charge < -0.3 is 14.8 Å². The predicted molar refractivity (Wildman–Crippen MR) is 98.9 cm³/mol. The summed E-state index contributed by atoms with van der Waals surface area (Å²) in [4.78, 5) is 20.3. The van der Waals surface area contributed by atoms with Gasteiger partial charge in [-0.05, 0) is 37.3 Å². The highest BCUT2D eigenvalue weighted by Crippen LogP contribution is 2.27. The number of amides is 1. The van der Waals surface area contributed by atoms with Crippen molar-refractivity contribution in [2.75, 3.05) is 7.11 Å². The second-order valence-corrected chi connectivity index (χ2v) is 6.21. The van der Waals surface area contributed by atoms with Crippen LogP contribution in [0.5, 0.6) is 11.8 Å². The first kappa shape index (κ1) is 17.9. The molecule has 1 amide bonds. The quantitative estimate of drug-likeness (QED) is 0.808. The molecule has 136 valence electrons. The molecule has 6 heteroatoms. The second-order valence-electron chi connectivity index (χ2n) is 6.21. The number of rotatable bonds is 6. The van der Waals surface area contributed by atoms with Crippen molar-refractivity contribution in [1.82, 2.24) is 15.3 Å². The summed E-state index contributed by atoms with van der Waals surface area (Å²) in [5, 5.41) is 3.06. The Morgan fingerprint density at radius 3 is 2.46 bits per heavy atom. The minimum absolute atomic E-state index is 0.0613. The van der Waals surface area contributed by atoms with Crippen molar-refractivity contribution in [3.63, 3.8) is 0 Å². The van der Waals surface area contributed by atoms with Crippen LogP contribution < -0.4 is 14.8 Å². The van der Waals surface area contributed by atoms with Crippen LogP contribution >= 0.6 is 0 Å². The zero-order valence-corrected chi connectivity index (χ0v) is 14.8. The first-order valence-corrected chi connectivity index (χ1v) is 8.80. The Morgan fingerprint density at radius 2 is 1.77 bits per heavy atom. The summed E-state index contributed by atoms with van der Waals surface area (Å²) in [5.41, 5.74) is 1.01. The number of carbonyl (C=O) groups is 1. The van der Waals surface area contributed by atoms with Crippen LogP contribution in [-0.4, -0.2) is 35.1 Å². The average molecular weight is 353 g/mol. The smallest absolute Gasteiger partial charge is 0.278 e. The lowest BCUT2D eigenvalue weighted by Crippen LogP contribution is -2.39. The molecule has 26 heavy (non-hydrogen) atoms. The van der Waals surface area contributed by atoms with E-state index in [1.54, 1.807) is 25.6 Å². The molecule has 0 saturated heterocycles. The molecule has 1 heterocycles. The molecule has 1 N–H and O–H groups in total. The number of nitrogens with zero attached hydrogens (tertiary/aromatic N) is 2. The highest BCUT2D eigenvalue weighted by Gasteiger charge is 2.24. The number of nitrogens with one attached hydrogen (secondary N) is 1. The molecule has 1 aromatic heterocycles. The van der Waals surface area contributed by atoms with Gasteiger partial charge in [0, 0.05) is 24.5 Å². The third-order valence-corrected chi connectivity index (χ3v) is 4.35. The van der Waals surface area contributed by atoms with Crippen molar-refractivity contribution in [2.24, 2.45) is 0 Å². The fourth-order valence-corrected chi connectivity index (χ4v) is 3.00. The largest absolute Gasteiger partial charge is 0.477 e. The lowest BCUT2D eigenvalue weighted by Gasteiger charge is -2.29. The number of hydrogen-bond acceptors (Lipinski definition) is 5. The molecule has 0 spiro atoms. The van der Waals surface area contributed by atoms with Crippen molar-refractivity contribution >= 4 is 12.0 Å². The zero-order chi connectivity index (χ0) is 18.2. The van der Waals surface area contributed by atoms with Gasteiger partial charge in [0.2, 0.25) is 5.91 Å². The molecule has 1 fully saturated rings. The van der Waals surface area contributed by atoms with Crippen LogP contribution in [0.25, 0.3) is 6.08 Å². The number of hydrogen-bond donors (Lipinski definition) is 1. The van der Waals surface area contributed by atoms with Gasteiger partial charge in [-0.15, -0.1) is 0 Å². The molecular weight excluding hydrogens is 330 g/mol. The van der Waals surface area contributed by atoms with E-state index in [0.29, 0.717) is 11.8 Å². The van der Waals surface area contributed by atoms with E-state index in [9.17, 15) is 4.79 Å². The van der Waals surface area contributed by atoms with E-state index in [2.05, 4.69) is 15.3 Å². The van der Waals surface area contributed by atoms with Gasteiger partial charge in [-0.3, -0.25) is 4.79 Å². The summed E-state index contributed by atoms with van der Waals surface area (Å²) in [5.74, 6) is 0.760. The molecule has 1 aliphatic rings. The van der Waals surface area contributed by atoms with E-state index < -0.39 is 0 Å². The van der Waals surface area contributed by atoms with Crippen LogP contribution in [-0.2, 0) is 4.79 Å². The molecule has 1 saturated carbocycles. The summed E-state index contributed by atoms with van der Waals surface area (Å²) >= 11 is 0. The molecule has 6 nitrogen and oxygen atoms in total. The Balaban J connectivity index is 1.45. The van der Waals surface area contributed by atoms with Crippen molar-refractivity contribution < 1.29 is 14.3 Å². The minimum Gasteiger partial charge on any atom is -0.477 e. The first-order chi connectivity index (χ1) is 12.7. The summed E-state index contributed by atoms with van der Waals surface area (Å²) < 4.78 is 11.1. The molecule has 1 aromatic carbocycles. The molecule has 0 unspecified atom stereocenters. The Bertz CT molecular complexity index is 741. The summed E-state index contributed by atoms with van der Waals surface area (Å²) in [7, 11) is 1.55. The second kappa shape index (κ2) is 8.99. The third-order valence-electron chi connectivity index (χ3n) is 4.35. The minimum atomic E-state index is -0.0613. The van der Waals surface area contributed by atoms with E-state index in [4.69, 9.17) is 9.47 Å². The van der Waals surface area contributed by atoms with Gasteiger partial charge in [0.05, 0.1) is 7.11 Å². The van der Waals surface area contributed by atoms with Gasteiger partial charge in [0.15, 0.2) is 0 Å². The van der Waals surface area contributed by atoms with E-state index in [-0.39, 0.29) is 18.1 Å². The highest BCUT2D eigenvalue weighted by molar-refractivity contribution is 5.91. The fraction of sp³-hybridized carbons (Fsp3) is 0.350. The van der Waals surface area contributed by atoms with Crippen LogP contribution in [0.4, 0.5) is 0 Å². The summed E-state index contributed by atoms with van der Waals surface area (Å²) in [6.45, 7) is 0. The SMILES string of the molecule is COc1nccnc1OC1CCC(NC(=O)/C=C/c2ccccc2)CC1. The van der Waals surface area contributed by atoms with E-state index in [1.807, 2.05) is 36.4 Å². The van der Waals surface area contributed by atoms with Crippen molar-refractivity contribution in [1.29, 1.82) is 0 Å². The lowest BCUT2D eigenvalue weighted by atomic mass is 9.93. The predicted octanol–water partition coefficient (Wildman–Crippen LogP) is 3.00. The van der Waals surface area contributed by atoms with E-state index >= 15 is 0 Å². The van der Waals surface area contributed by atoms with E-state index in [1.165, 1.54) is 0 Å². The number of aromatic nitrogens is 2. The van der Waals surface area contributed by atoms with Crippen LogP contribution in [0.15, 0.2) is 48.8 Å². The molecule has 0 radical (unpaired) electrons. The number of methoxy groups -OCH3 is 1. The van der Waals surface area contributed by atoms with Crippen LogP contribution in [0.3, 0.4) is 0 Å². The fourth-order valence-electron chi connectivity index (χ4n) is 3.00. The summed E-state index contributed by atoms with van der Waals surface area (Å²) in [6.07, 6.45) is 10.1. The molecular formula is C20H23N3O3. The molecule has 0 aliphatic heterocycles. The Kier molecular flexibility index (Phi) is 6.19. The maximum Gasteiger partial charge on any atom is 0.278 e. The van der Waals surface area contributed by atoms with Crippen molar-refractivity contribution in [3.05, 3.63) is 54.4 Å². The van der Waals surface area contributed by atoms with Gasteiger partial charge in [-0.25, -0.2) is 9.97 Å². The van der Waals surface area contributed by atoms with Crippen LogP contribution in [0.1, 0.15) is 31.2 Å². The molecule has 1 aliphatic carbocycles. The maximum atomic E-state index is 12.1. The molecule has 0 atom stereocenters. The van der Waals surface area contributed by atoms with Crippen molar-refractivity contribution in [2.45, 2.75) is 37.8 Å². The standard InChI is InChI=1S/C20H23N3O3/c1-25-19-20(22-14-13-21-19)26-17-10-8-16(9-11-17)23-18(24)12-7-15-5-3-2-4-6-15/h2-7,12-14,16-17H,8-11H2,1H3,(H,23,24)/b12-7+. The van der Waals surface area contributed by atoms with Gasteiger partial charge in [-0.2, -0.15) is 0 Å². The Morgan fingerprint density at radius 1 is 1.08 bits per heavy atom. The normalized spacial score (nSPS) is 19.9. The van der Waals surface area contributed by atoms with Crippen molar-refractivity contribution in [3.8, 4) is 11.8 Å². The third kappa shape index (κ3) is 5.05. The maximum absolute atomic E-state index is 12.1. The first-order valence-electron chi connectivity index (χ1n) is 8.80. The van der Waals surface area contributed by atoms with Crippen LogP contribution in [0.2, 0.25) is 0 Å². The van der Waals surface area contributed by atoms with Gasteiger partial charge in [0.1, 0.15) is 6.10 Å². The van der Waals surface area contributed by atoms with Gasteiger partial charge in [0.25, 0.3) is 11.8 Å². The van der Waals surface area contributed by atoms with Gasteiger partial charge >= 0.3 is 0 Å².